The first-order valence-corrected chi connectivity index (χ1v) is 6.93. The fourth-order valence-electron chi connectivity index (χ4n) is 2.03. The molecule has 1 rings (SSSR count). The second kappa shape index (κ2) is 5.47. The summed E-state index contributed by atoms with van der Waals surface area (Å²) >= 11 is 0. The molecule has 0 aliphatic rings. The van der Waals surface area contributed by atoms with Crippen LogP contribution in [0.15, 0.2) is 12.1 Å². The van der Waals surface area contributed by atoms with Gasteiger partial charge in [-0.1, -0.05) is 17.7 Å². The summed E-state index contributed by atoms with van der Waals surface area (Å²) in [5.41, 5.74) is 1.70. The minimum atomic E-state index is -1.02. The van der Waals surface area contributed by atoms with Crippen LogP contribution in [0.2, 0.25) is 0 Å². The number of carbonyl (C=O) groups is 1. The Morgan fingerprint density at radius 2 is 1.40 bits per heavy atom. The van der Waals surface area contributed by atoms with Gasteiger partial charge >= 0.3 is 5.97 Å². The largest absolute Gasteiger partial charge is 0.476 e. The third-order valence-electron chi connectivity index (χ3n) is 2.85. The average molecular weight is 278 g/mol. The van der Waals surface area contributed by atoms with Crippen molar-refractivity contribution in [1.29, 1.82) is 0 Å². The van der Waals surface area contributed by atoms with Crippen LogP contribution in [0, 0.1) is 20.8 Å². The number of benzene rings is 1. The molecule has 1 aromatic carbocycles. The Morgan fingerprint density at radius 1 is 0.950 bits per heavy atom. The smallest absolute Gasteiger partial charge is 0.350 e. The Morgan fingerprint density at radius 3 is 1.80 bits per heavy atom. The molecule has 0 bridgehead atoms. The molecule has 0 aromatic heterocycles. The fraction of sp³-hybridized carbons (Fsp3) is 0.588. The first kappa shape index (κ1) is 16.5. The Kier molecular flexibility index (Phi) is 4.52. The molecule has 0 aliphatic carbocycles. The number of esters is 1. The second-order valence-corrected chi connectivity index (χ2v) is 6.84. The summed E-state index contributed by atoms with van der Waals surface area (Å²) in [5.74, 6) is 0.399. The minimum absolute atomic E-state index is 0.357. The molecule has 20 heavy (non-hydrogen) atoms. The van der Waals surface area contributed by atoms with E-state index in [0.29, 0.717) is 0 Å². The van der Waals surface area contributed by atoms with Crippen molar-refractivity contribution in [2.45, 2.75) is 66.6 Å². The first-order valence-electron chi connectivity index (χ1n) is 6.93. The van der Waals surface area contributed by atoms with E-state index in [1.54, 1.807) is 13.8 Å². The van der Waals surface area contributed by atoms with Gasteiger partial charge in [0.25, 0.3) is 0 Å². The third-order valence-corrected chi connectivity index (χ3v) is 2.85. The number of ether oxygens (including phenoxy) is 2. The maximum Gasteiger partial charge on any atom is 0.350 e. The highest BCUT2D eigenvalue weighted by atomic mass is 16.6. The van der Waals surface area contributed by atoms with Crippen LogP contribution in [-0.4, -0.2) is 17.2 Å². The van der Waals surface area contributed by atoms with Crippen LogP contribution in [0.4, 0.5) is 0 Å². The van der Waals surface area contributed by atoms with Crippen molar-refractivity contribution in [2.24, 2.45) is 0 Å². The van der Waals surface area contributed by atoms with E-state index in [0.717, 1.165) is 16.9 Å². The number of aryl methyl sites for hydroxylation is 3. The molecule has 3 heteroatoms. The molecule has 0 spiro atoms. The van der Waals surface area contributed by atoms with Crippen LogP contribution in [-0.2, 0) is 9.53 Å². The summed E-state index contributed by atoms with van der Waals surface area (Å²) in [4.78, 5) is 12.2. The molecule has 0 fully saturated rings. The standard InChI is InChI=1S/C17H26O3/c1-11-9-12(2)14(13(3)10-11)19-17(7,8)15(18)20-16(4,5)6/h9-10H,1-8H3. The molecule has 112 valence electrons. The normalized spacial score (nSPS) is 12.2. The van der Waals surface area contributed by atoms with E-state index in [9.17, 15) is 4.79 Å². The lowest BCUT2D eigenvalue weighted by Gasteiger charge is -2.30. The van der Waals surface area contributed by atoms with Crippen LogP contribution < -0.4 is 4.74 Å². The van der Waals surface area contributed by atoms with Crippen molar-refractivity contribution >= 4 is 5.97 Å². The van der Waals surface area contributed by atoms with Crippen molar-refractivity contribution in [1.82, 2.24) is 0 Å². The molecule has 0 N–H and O–H groups in total. The van der Waals surface area contributed by atoms with Gasteiger partial charge in [0.1, 0.15) is 11.4 Å². The van der Waals surface area contributed by atoms with Gasteiger partial charge in [0.05, 0.1) is 0 Å². The molecule has 0 heterocycles. The van der Waals surface area contributed by atoms with Gasteiger partial charge < -0.3 is 9.47 Å². The van der Waals surface area contributed by atoms with Crippen LogP contribution in [0.5, 0.6) is 5.75 Å². The highest BCUT2D eigenvalue weighted by molar-refractivity contribution is 5.79. The van der Waals surface area contributed by atoms with E-state index in [1.165, 1.54) is 5.56 Å². The fourth-order valence-corrected chi connectivity index (χ4v) is 2.03. The van der Waals surface area contributed by atoms with Crippen LogP contribution >= 0.6 is 0 Å². The summed E-state index contributed by atoms with van der Waals surface area (Å²) in [6, 6.07) is 4.10. The van der Waals surface area contributed by atoms with Gasteiger partial charge in [0, 0.05) is 0 Å². The molecule has 0 saturated heterocycles. The van der Waals surface area contributed by atoms with Crippen molar-refractivity contribution < 1.29 is 14.3 Å². The molecule has 0 unspecified atom stereocenters. The van der Waals surface area contributed by atoms with E-state index in [2.05, 4.69) is 0 Å². The topological polar surface area (TPSA) is 35.5 Å². The zero-order chi connectivity index (χ0) is 15.7. The summed E-state index contributed by atoms with van der Waals surface area (Å²) in [5, 5.41) is 0. The lowest BCUT2D eigenvalue weighted by molar-refractivity contribution is -0.171. The molecule has 1 aromatic rings. The van der Waals surface area contributed by atoms with Gasteiger partial charge in [0.2, 0.25) is 0 Å². The van der Waals surface area contributed by atoms with Gasteiger partial charge in [-0.2, -0.15) is 0 Å². The lowest BCUT2D eigenvalue weighted by atomic mass is 10.0. The Labute approximate surface area is 122 Å². The maximum absolute atomic E-state index is 12.2. The highest BCUT2D eigenvalue weighted by Crippen LogP contribution is 2.29. The van der Waals surface area contributed by atoms with Crippen molar-refractivity contribution in [3.05, 3.63) is 28.8 Å². The van der Waals surface area contributed by atoms with Crippen LogP contribution in [0.3, 0.4) is 0 Å². The molecule has 0 radical (unpaired) electrons. The summed E-state index contributed by atoms with van der Waals surface area (Å²) in [6.07, 6.45) is 0. The van der Waals surface area contributed by atoms with Crippen molar-refractivity contribution in [2.75, 3.05) is 0 Å². The van der Waals surface area contributed by atoms with Crippen LogP contribution in [0.25, 0.3) is 0 Å². The van der Waals surface area contributed by atoms with Gasteiger partial charge in [-0.05, 0) is 66.5 Å². The summed E-state index contributed by atoms with van der Waals surface area (Å²) in [7, 11) is 0. The van der Waals surface area contributed by atoms with E-state index in [1.807, 2.05) is 53.7 Å². The second-order valence-electron chi connectivity index (χ2n) is 6.84. The highest BCUT2D eigenvalue weighted by Gasteiger charge is 2.35. The van der Waals surface area contributed by atoms with Crippen LogP contribution in [0.1, 0.15) is 51.3 Å². The van der Waals surface area contributed by atoms with E-state index in [4.69, 9.17) is 9.47 Å². The zero-order valence-electron chi connectivity index (χ0n) is 13.9. The predicted molar refractivity (Wildman–Crippen MR) is 81.2 cm³/mol. The summed E-state index contributed by atoms with van der Waals surface area (Å²) < 4.78 is 11.4. The van der Waals surface area contributed by atoms with Gasteiger partial charge in [-0.25, -0.2) is 4.79 Å². The van der Waals surface area contributed by atoms with E-state index >= 15 is 0 Å². The van der Waals surface area contributed by atoms with Gasteiger partial charge in [-0.3, -0.25) is 0 Å². The maximum atomic E-state index is 12.2. The average Bonchev–Trinajstić information content (AvgIpc) is 2.20. The molecule has 0 saturated carbocycles. The van der Waals surface area contributed by atoms with E-state index in [-0.39, 0.29) is 5.97 Å². The molecular formula is C17H26O3. The minimum Gasteiger partial charge on any atom is -0.476 e. The number of hydrogen-bond donors (Lipinski definition) is 0. The summed E-state index contributed by atoms with van der Waals surface area (Å²) in [6.45, 7) is 15.0. The zero-order valence-corrected chi connectivity index (χ0v) is 13.9. The molecular weight excluding hydrogens is 252 g/mol. The number of carbonyl (C=O) groups excluding carboxylic acids is 1. The molecule has 3 nitrogen and oxygen atoms in total. The van der Waals surface area contributed by atoms with Gasteiger partial charge in [-0.15, -0.1) is 0 Å². The molecule has 0 aliphatic heterocycles. The Bertz CT molecular complexity index is 484. The first-order chi connectivity index (χ1) is 8.92. The van der Waals surface area contributed by atoms with Gasteiger partial charge in [0.15, 0.2) is 5.60 Å². The molecule has 0 amide bonds. The Balaban J connectivity index is 3.00. The monoisotopic (exact) mass is 278 g/mol. The Hall–Kier alpha value is -1.51. The van der Waals surface area contributed by atoms with E-state index < -0.39 is 11.2 Å². The lowest BCUT2D eigenvalue weighted by Crippen LogP contribution is -2.43. The third kappa shape index (κ3) is 4.26. The quantitative estimate of drug-likeness (QED) is 0.780. The van der Waals surface area contributed by atoms with Crippen molar-refractivity contribution in [3.8, 4) is 5.75 Å². The SMILES string of the molecule is Cc1cc(C)c(OC(C)(C)C(=O)OC(C)(C)C)c(C)c1. The predicted octanol–water partition coefficient (Wildman–Crippen LogP) is 4.11. The number of hydrogen-bond acceptors (Lipinski definition) is 3. The van der Waals surface area contributed by atoms with Crippen molar-refractivity contribution in [3.63, 3.8) is 0 Å². The number of rotatable bonds is 3. The molecule has 0 atom stereocenters.